The summed E-state index contributed by atoms with van der Waals surface area (Å²) < 4.78 is -0.521. The van der Waals surface area contributed by atoms with Gasteiger partial charge in [-0.25, -0.2) is 0 Å². The van der Waals surface area contributed by atoms with Crippen molar-refractivity contribution in [3.63, 3.8) is 0 Å². The predicted molar refractivity (Wildman–Crippen MR) is 117 cm³/mol. The third-order valence-corrected chi connectivity index (χ3v) is 11.5. The summed E-state index contributed by atoms with van der Waals surface area (Å²) >= 11 is 8.10. The van der Waals surface area contributed by atoms with Crippen LogP contribution >= 0.6 is 31.9 Å². The Morgan fingerprint density at radius 2 is 1.04 bits per heavy atom. The molecule has 2 aliphatic carbocycles. The van der Waals surface area contributed by atoms with Crippen LogP contribution in [-0.4, -0.2) is 8.90 Å². The van der Waals surface area contributed by atoms with E-state index in [1.807, 2.05) is 0 Å². The van der Waals surface area contributed by atoms with Crippen LogP contribution in [0.2, 0.25) is 0 Å². The van der Waals surface area contributed by atoms with Crippen LogP contribution in [0.1, 0.15) is 98.3 Å². The summed E-state index contributed by atoms with van der Waals surface area (Å²) in [7, 11) is 0. The first-order chi connectivity index (χ1) is 11.7. The highest BCUT2D eigenvalue weighted by Crippen LogP contribution is 2.59. The third-order valence-electron chi connectivity index (χ3n) is 8.51. The molecule has 0 bridgehead atoms. The molecule has 4 atom stereocenters. The van der Waals surface area contributed by atoms with E-state index in [9.17, 15) is 0 Å². The van der Waals surface area contributed by atoms with E-state index >= 15 is 0 Å². The number of hydrogen-bond acceptors (Lipinski definition) is 2. The standard InChI is InChI=1S/C21H40Br2N2/c1-5-18(6-2)13-9-11-16(20(18,22)24)15-17-12-10-14-19(7-3,8-4)21(17,23)25/h16-17H,5-15,24-25H2,1-4H3. The zero-order valence-corrected chi connectivity index (χ0v) is 20.0. The fourth-order valence-corrected chi connectivity index (χ4v) is 8.61. The molecule has 4 unspecified atom stereocenters. The van der Waals surface area contributed by atoms with E-state index in [2.05, 4.69) is 59.6 Å². The van der Waals surface area contributed by atoms with Gasteiger partial charge in [-0.1, -0.05) is 72.4 Å². The second kappa shape index (κ2) is 8.09. The minimum absolute atomic E-state index is 0.223. The molecule has 2 rings (SSSR count). The van der Waals surface area contributed by atoms with Crippen LogP contribution in [0.3, 0.4) is 0 Å². The quantitative estimate of drug-likeness (QED) is 0.329. The van der Waals surface area contributed by atoms with Crippen molar-refractivity contribution in [2.75, 3.05) is 0 Å². The Morgan fingerprint density at radius 3 is 1.32 bits per heavy atom. The topological polar surface area (TPSA) is 52.0 Å². The van der Waals surface area contributed by atoms with Crippen LogP contribution in [0.5, 0.6) is 0 Å². The van der Waals surface area contributed by atoms with Crippen LogP contribution in [0.4, 0.5) is 0 Å². The van der Waals surface area contributed by atoms with Crippen LogP contribution in [-0.2, 0) is 0 Å². The van der Waals surface area contributed by atoms with E-state index in [0.29, 0.717) is 11.8 Å². The van der Waals surface area contributed by atoms with Crippen LogP contribution in [0.25, 0.3) is 0 Å². The number of halogens is 2. The van der Waals surface area contributed by atoms with Crippen LogP contribution < -0.4 is 11.5 Å². The van der Waals surface area contributed by atoms with Gasteiger partial charge in [-0.15, -0.1) is 0 Å². The highest BCUT2D eigenvalue weighted by atomic mass is 79.9. The van der Waals surface area contributed by atoms with Gasteiger partial charge in [-0.3, -0.25) is 0 Å². The lowest BCUT2D eigenvalue weighted by molar-refractivity contribution is 0.0211. The van der Waals surface area contributed by atoms with E-state index in [-0.39, 0.29) is 19.7 Å². The van der Waals surface area contributed by atoms with Gasteiger partial charge in [0.05, 0.1) is 8.90 Å². The highest BCUT2D eigenvalue weighted by Gasteiger charge is 2.56. The molecule has 2 nitrogen and oxygen atoms in total. The SMILES string of the molecule is CCC1(CC)CCCC(CC2CCCC(CC)(CC)C2(N)Br)C1(N)Br. The van der Waals surface area contributed by atoms with Gasteiger partial charge in [-0.05, 0) is 80.5 Å². The Labute approximate surface area is 172 Å². The Kier molecular flexibility index (Phi) is 7.17. The molecule has 0 spiro atoms. The van der Waals surface area contributed by atoms with Gasteiger partial charge in [0.2, 0.25) is 0 Å². The number of rotatable bonds is 6. The normalized spacial score (nSPS) is 40.8. The monoisotopic (exact) mass is 478 g/mol. The molecular weight excluding hydrogens is 440 g/mol. The summed E-state index contributed by atoms with van der Waals surface area (Å²) in [6.45, 7) is 9.25. The van der Waals surface area contributed by atoms with E-state index in [4.69, 9.17) is 11.5 Å². The van der Waals surface area contributed by atoms with E-state index in [1.54, 1.807) is 0 Å². The number of nitrogens with two attached hydrogens (primary N) is 2. The maximum Gasteiger partial charge on any atom is 0.0802 e. The second-order valence-electron chi connectivity index (χ2n) is 8.92. The largest absolute Gasteiger partial charge is 0.316 e. The first-order valence-electron chi connectivity index (χ1n) is 10.6. The van der Waals surface area contributed by atoms with Gasteiger partial charge >= 0.3 is 0 Å². The van der Waals surface area contributed by atoms with E-state index < -0.39 is 0 Å². The summed E-state index contributed by atoms with van der Waals surface area (Å²) in [6, 6.07) is 0. The van der Waals surface area contributed by atoms with Gasteiger partial charge < -0.3 is 11.5 Å². The third kappa shape index (κ3) is 3.51. The molecule has 2 fully saturated rings. The molecule has 0 aromatic heterocycles. The minimum atomic E-state index is -0.261. The van der Waals surface area contributed by atoms with Crippen molar-refractivity contribution in [2.45, 2.75) is 107 Å². The molecule has 0 radical (unpaired) electrons. The van der Waals surface area contributed by atoms with Crippen molar-refractivity contribution in [1.29, 1.82) is 0 Å². The first kappa shape index (κ1) is 22.2. The minimum Gasteiger partial charge on any atom is -0.316 e. The Morgan fingerprint density at radius 1 is 0.720 bits per heavy atom. The van der Waals surface area contributed by atoms with Crippen molar-refractivity contribution in [1.82, 2.24) is 0 Å². The maximum atomic E-state index is 7.02. The molecular formula is C21H40Br2N2. The summed E-state index contributed by atoms with van der Waals surface area (Å²) in [5.41, 5.74) is 14.5. The number of hydrogen-bond donors (Lipinski definition) is 2. The molecule has 0 heterocycles. The average molecular weight is 480 g/mol. The first-order valence-corrected chi connectivity index (χ1v) is 12.2. The van der Waals surface area contributed by atoms with Crippen molar-refractivity contribution in [3.8, 4) is 0 Å². The zero-order valence-electron chi connectivity index (χ0n) is 16.8. The fraction of sp³-hybridized carbons (Fsp3) is 1.00. The van der Waals surface area contributed by atoms with Crippen molar-refractivity contribution < 1.29 is 0 Å². The molecule has 0 aliphatic heterocycles. The zero-order chi connectivity index (χ0) is 18.9. The lowest BCUT2D eigenvalue weighted by Gasteiger charge is -2.57. The smallest absolute Gasteiger partial charge is 0.0802 e. The lowest BCUT2D eigenvalue weighted by atomic mass is 9.57. The molecule has 0 saturated heterocycles. The van der Waals surface area contributed by atoms with Crippen molar-refractivity contribution in [3.05, 3.63) is 0 Å². The molecule has 4 heteroatoms. The Hall–Kier alpha value is 0.880. The predicted octanol–water partition coefficient (Wildman–Crippen LogP) is 6.69. The highest BCUT2D eigenvalue weighted by molar-refractivity contribution is 9.10. The molecule has 0 aromatic carbocycles. The molecule has 0 amide bonds. The van der Waals surface area contributed by atoms with E-state index in [1.165, 1.54) is 38.5 Å². The van der Waals surface area contributed by atoms with Gasteiger partial charge in [0.15, 0.2) is 0 Å². The van der Waals surface area contributed by atoms with Gasteiger partial charge in [0.1, 0.15) is 0 Å². The second-order valence-corrected chi connectivity index (χ2v) is 11.5. The van der Waals surface area contributed by atoms with Crippen molar-refractivity contribution in [2.24, 2.45) is 34.1 Å². The molecule has 148 valence electrons. The molecule has 2 aliphatic rings. The summed E-state index contributed by atoms with van der Waals surface area (Å²) in [6.07, 6.45) is 13.3. The van der Waals surface area contributed by atoms with Gasteiger partial charge in [0.25, 0.3) is 0 Å². The molecule has 2 saturated carbocycles. The molecule has 0 aromatic rings. The van der Waals surface area contributed by atoms with Gasteiger partial charge in [0, 0.05) is 0 Å². The summed E-state index contributed by atoms with van der Waals surface area (Å²) in [5, 5.41) is 0. The summed E-state index contributed by atoms with van der Waals surface area (Å²) in [5.74, 6) is 1.02. The lowest BCUT2D eigenvalue weighted by Crippen LogP contribution is -2.61. The Bertz CT molecular complexity index is 399. The van der Waals surface area contributed by atoms with Crippen molar-refractivity contribution >= 4 is 31.9 Å². The fourth-order valence-electron chi connectivity index (χ4n) is 6.26. The Balaban J connectivity index is 2.25. The molecule has 4 N–H and O–H groups in total. The average Bonchev–Trinajstić information content (AvgIpc) is 2.58. The number of alkyl halides is 2. The van der Waals surface area contributed by atoms with Crippen LogP contribution in [0.15, 0.2) is 0 Å². The van der Waals surface area contributed by atoms with Gasteiger partial charge in [-0.2, -0.15) is 0 Å². The van der Waals surface area contributed by atoms with E-state index in [0.717, 1.165) is 32.1 Å². The summed E-state index contributed by atoms with van der Waals surface area (Å²) in [4.78, 5) is 0. The maximum absolute atomic E-state index is 7.02. The van der Waals surface area contributed by atoms with Crippen LogP contribution in [0, 0.1) is 22.7 Å². The molecule has 25 heavy (non-hydrogen) atoms.